The van der Waals surface area contributed by atoms with Gasteiger partial charge in [0, 0.05) is 12.0 Å². The molecule has 2 aromatic rings. The molecular weight excluding hydrogens is 294 g/mol. The number of amides is 1. The molecule has 0 atom stereocenters. The zero-order valence-corrected chi connectivity index (χ0v) is 12.8. The molecule has 2 aromatic heterocycles. The summed E-state index contributed by atoms with van der Waals surface area (Å²) < 4.78 is 11.1. The van der Waals surface area contributed by atoms with Crippen molar-refractivity contribution in [1.82, 2.24) is 9.97 Å². The van der Waals surface area contributed by atoms with Crippen molar-refractivity contribution in [3.63, 3.8) is 0 Å². The largest absolute Gasteiger partial charge is 0.474 e. The predicted molar refractivity (Wildman–Crippen MR) is 83.6 cm³/mol. The first-order valence-electron chi connectivity index (χ1n) is 8.17. The molecule has 23 heavy (non-hydrogen) atoms. The van der Waals surface area contributed by atoms with E-state index in [0.29, 0.717) is 23.2 Å². The number of carbonyl (C=O) groups is 1. The normalized spacial score (nSPS) is 18.1. The van der Waals surface area contributed by atoms with Gasteiger partial charge in [-0.25, -0.2) is 9.97 Å². The third kappa shape index (κ3) is 3.21. The van der Waals surface area contributed by atoms with Crippen LogP contribution in [-0.4, -0.2) is 22.0 Å². The summed E-state index contributed by atoms with van der Waals surface area (Å²) in [6.45, 7) is 0. The summed E-state index contributed by atoms with van der Waals surface area (Å²) in [5, 5.41) is 2.80. The second kappa shape index (κ2) is 6.02. The molecule has 2 aliphatic rings. The van der Waals surface area contributed by atoms with E-state index in [9.17, 15) is 4.79 Å². The van der Waals surface area contributed by atoms with Crippen molar-refractivity contribution in [1.29, 1.82) is 0 Å². The van der Waals surface area contributed by atoms with Crippen LogP contribution in [0, 0.1) is 0 Å². The van der Waals surface area contributed by atoms with Gasteiger partial charge in [0.15, 0.2) is 6.39 Å². The number of anilines is 1. The molecule has 1 N–H and O–H groups in total. The van der Waals surface area contributed by atoms with Gasteiger partial charge in [-0.3, -0.25) is 4.79 Å². The minimum Gasteiger partial charge on any atom is -0.474 e. The molecule has 6 heteroatoms. The molecule has 2 aliphatic carbocycles. The van der Waals surface area contributed by atoms with Crippen molar-refractivity contribution in [2.45, 2.75) is 50.5 Å². The van der Waals surface area contributed by atoms with E-state index in [1.165, 1.54) is 19.2 Å². The Hall–Kier alpha value is -2.37. The highest BCUT2D eigenvalue weighted by molar-refractivity contribution is 6.03. The monoisotopic (exact) mass is 313 g/mol. The Morgan fingerprint density at radius 1 is 1.17 bits per heavy atom. The van der Waals surface area contributed by atoms with Crippen molar-refractivity contribution in [3.05, 3.63) is 36.2 Å². The van der Waals surface area contributed by atoms with Crippen LogP contribution in [0.15, 0.2) is 29.1 Å². The number of nitrogens with zero attached hydrogens (tertiary/aromatic N) is 2. The number of oxazole rings is 1. The summed E-state index contributed by atoms with van der Waals surface area (Å²) in [6, 6.07) is 3.58. The molecule has 0 unspecified atom stereocenters. The predicted octanol–water partition coefficient (Wildman–Crippen LogP) is 3.52. The summed E-state index contributed by atoms with van der Waals surface area (Å²) in [7, 11) is 0. The van der Waals surface area contributed by atoms with Crippen LogP contribution >= 0.6 is 0 Å². The summed E-state index contributed by atoms with van der Waals surface area (Å²) in [6.07, 6.45) is 9.99. The lowest BCUT2D eigenvalue weighted by atomic mass is 10.2. The highest BCUT2D eigenvalue weighted by Crippen LogP contribution is 2.40. The summed E-state index contributed by atoms with van der Waals surface area (Å²) in [5.41, 5.74) is 1.38. The van der Waals surface area contributed by atoms with Crippen LogP contribution in [0.1, 0.15) is 60.7 Å². The Morgan fingerprint density at radius 2 is 2.00 bits per heavy atom. The third-order valence-corrected chi connectivity index (χ3v) is 4.35. The van der Waals surface area contributed by atoms with E-state index in [4.69, 9.17) is 9.15 Å². The smallest absolute Gasteiger partial charge is 0.293 e. The molecule has 1 amide bonds. The molecular formula is C17H19N3O3. The standard InChI is InChI=1S/C17H19N3O3/c21-17(16-15(11-5-6-11)19-10-22-16)20-12-7-8-14(18-9-12)23-13-3-1-2-4-13/h7-11,13H,1-6H2,(H,20,21). The van der Waals surface area contributed by atoms with Gasteiger partial charge >= 0.3 is 0 Å². The molecule has 0 spiro atoms. The highest BCUT2D eigenvalue weighted by atomic mass is 16.5. The fraction of sp³-hybridized carbons (Fsp3) is 0.471. The maximum Gasteiger partial charge on any atom is 0.293 e. The molecule has 2 saturated carbocycles. The molecule has 0 aromatic carbocycles. The molecule has 0 saturated heterocycles. The van der Waals surface area contributed by atoms with Crippen LogP contribution in [0.3, 0.4) is 0 Å². The van der Waals surface area contributed by atoms with Crippen molar-refractivity contribution >= 4 is 11.6 Å². The Balaban J connectivity index is 1.40. The molecule has 2 fully saturated rings. The average Bonchev–Trinajstić information content (AvgIpc) is 3.07. The van der Waals surface area contributed by atoms with Crippen LogP contribution in [0.5, 0.6) is 5.88 Å². The summed E-state index contributed by atoms with van der Waals surface area (Å²) in [5.74, 6) is 0.998. The molecule has 120 valence electrons. The zero-order valence-electron chi connectivity index (χ0n) is 12.8. The SMILES string of the molecule is O=C(Nc1ccc(OC2CCCC2)nc1)c1ocnc1C1CC1. The first-order valence-corrected chi connectivity index (χ1v) is 8.17. The molecule has 0 bridgehead atoms. The van der Waals surface area contributed by atoms with Gasteiger partial charge in [-0.2, -0.15) is 0 Å². The van der Waals surface area contributed by atoms with Crippen LogP contribution in [0.4, 0.5) is 5.69 Å². The van der Waals surface area contributed by atoms with Gasteiger partial charge < -0.3 is 14.5 Å². The van der Waals surface area contributed by atoms with Crippen LogP contribution in [0.25, 0.3) is 0 Å². The van der Waals surface area contributed by atoms with Crippen molar-refractivity contribution in [2.75, 3.05) is 5.32 Å². The fourth-order valence-corrected chi connectivity index (χ4v) is 2.96. The number of carbonyl (C=O) groups excluding carboxylic acids is 1. The van der Waals surface area contributed by atoms with Crippen molar-refractivity contribution in [3.8, 4) is 5.88 Å². The second-order valence-electron chi connectivity index (χ2n) is 6.20. The number of nitrogens with one attached hydrogen (secondary N) is 1. The number of ether oxygens (including phenoxy) is 1. The van der Waals surface area contributed by atoms with Crippen molar-refractivity contribution < 1.29 is 13.9 Å². The average molecular weight is 313 g/mol. The maximum absolute atomic E-state index is 12.3. The van der Waals surface area contributed by atoms with E-state index in [1.807, 2.05) is 0 Å². The first kappa shape index (κ1) is 14.2. The van der Waals surface area contributed by atoms with Crippen LogP contribution in [0.2, 0.25) is 0 Å². The fourth-order valence-electron chi connectivity index (χ4n) is 2.96. The number of hydrogen-bond acceptors (Lipinski definition) is 5. The van der Waals surface area contributed by atoms with Gasteiger partial charge in [0.05, 0.1) is 17.6 Å². The van der Waals surface area contributed by atoms with E-state index < -0.39 is 0 Å². The Kier molecular flexibility index (Phi) is 3.73. The van der Waals surface area contributed by atoms with E-state index in [-0.39, 0.29) is 12.0 Å². The van der Waals surface area contributed by atoms with Gasteiger partial charge in [0.2, 0.25) is 11.6 Å². The maximum atomic E-state index is 12.3. The first-order chi connectivity index (χ1) is 11.3. The lowest BCUT2D eigenvalue weighted by Crippen LogP contribution is -2.14. The molecule has 6 nitrogen and oxygen atoms in total. The summed E-state index contributed by atoms with van der Waals surface area (Å²) in [4.78, 5) is 20.7. The minimum absolute atomic E-state index is 0.276. The topological polar surface area (TPSA) is 77.2 Å². The minimum atomic E-state index is -0.282. The highest BCUT2D eigenvalue weighted by Gasteiger charge is 2.32. The van der Waals surface area contributed by atoms with Crippen LogP contribution < -0.4 is 10.1 Å². The molecule has 0 radical (unpaired) electrons. The Bertz CT molecular complexity index is 685. The number of aromatic nitrogens is 2. The second-order valence-corrected chi connectivity index (χ2v) is 6.20. The molecule has 4 rings (SSSR count). The van der Waals surface area contributed by atoms with E-state index in [0.717, 1.165) is 31.4 Å². The summed E-state index contributed by atoms with van der Waals surface area (Å²) >= 11 is 0. The number of rotatable bonds is 5. The van der Waals surface area contributed by atoms with Gasteiger partial charge in [-0.1, -0.05) is 0 Å². The van der Waals surface area contributed by atoms with E-state index in [1.54, 1.807) is 18.3 Å². The van der Waals surface area contributed by atoms with Gasteiger partial charge in [-0.05, 0) is 44.6 Å². The third-order valence-electron chi connectivity index (χ3n) is 4.35. The van der Waals surface area contributed by atoms with E-state index in [2.05, 4.69) is 15.3 Å². The van der Waals surface area contributed by atoms with Crippen molar-refractivity contribution in [2.24, 2.45) is 0 Å². The lowest BCUT2D eigenvalue weighted by Gasteiger charge is -2.12. The Morgan fingerprint density at radius 3 is 2.70 bits per heavy atom. The lowest BCUT2D eigenvalue weighted by molar-refractivity contribution is 0.0995. The Labute approximate surface area is 134 Å². The quantitative estimate of drug-likeness (QED) is 0.914. The van der Waals surface area contributed by atoms with Gasteiger partial charge in [-0.15, -0.1) is 0 Å². The number of hydrogen-bond donors (Lipinski definition) is 1. The van der Waals surface area contributed by atoms with Crippen LogP contribution in [-0.2, 0) is 0 Å². The van der Waals surface area contributed by atoms with Gasteiger partial charge in [0.1, 0.15) is 6.10 Å². The zero-order chi connectivity index (χ0) is 15.6. The van der Waals surface area contributed by atoms with E-state index >= 15 is 0 Å². The molecule has 2 heterocycles. The van der Waals surface area contributed by atoms with Gasteiger partial charge in [0.25, 0.3) is 5.91 Å². The number of pyridine rings is 1. The molecule has 0 aliphatic heterocycles.